The highest BCUT2D eigenvalue weighted by Gasteiger charge is 2.12. The molecule has 0 unspecified atom stereocenters. The van der Waals surface area contributed by atoms with E-state index in [1.165, 1.54) is 30.7 Å². The molecule has 0 aliphatic rings. The van der Waals surface area contributed by atoms with Crippen LogP contribution in [0.4, 0.5) is 10.1 Å². The van der Waals surface area contributed by atoms with Crippen LogP contribution in [0.15, 0.2) is 53.3 Å². The SMILES string of the molecule is O=S(=O)(Cc1ccc(F)cc1)Nc1ccc2ocnc2c1. The van der Waals surface area contributed by atoms with Crippen LogP contribution in [0, 0.1) is 5.82 Å². The predicted molar refractivity (Wildman–Crippen MR) is 76.7 cm³/mol. The van der Waals surface area contributed by atoms with Crippen molar-refractivity contribution >= 4 is 26.8 Å². The third kappa shape index (κ3) is 3.19. The molecule has 0 bridgehead atoms. The zero-order valence-corrected chi connectivity index (χ0v) is 11.6. The molecule has 1 heterocycles. The van der Waals surface area contributed by atoms with Crippen LogP contribution in [-0.4, -0.2) is 13.4 Å². The number of sulfonamides is 1. The van der Waals surface area contributed by atoms with Gasteiger partial charge in [0.25, 0.3) is 0 Å². The molecule has 0 amide bonds. The van der Waals surface area contributed by atoms with Crippen molar-refractivity contribution in [3.8, 4) is 0 Å². The fourth-order valence-corrected chi connectivity index (χ4v) is 3.13. The second-order valence-electron chi connectivity index (χ2n) is 4.52. The Hall–Kier alpha value is -2.41. The molecule has 2 aromatic carbocycles. The fourth-order valence-electron chi connectivity index (χ4n) is 1.94. The Morgan fingerprint density at radius 3 is 2.67 bits per heavy atom. The highest BCUT2D eigenvalue weighted by atomic mass is 32.2. The maximum Gasteiger partial charge on any atom is 0.236 e. The molecule has 1 aromatic heterocycles. The average Bonchev–Trinajstić information content (AvgIpc) is 2.88. The summed E-state index contributed by atoms with van der Waals surface area (Å²) in [4.78, 5) is 3.96. The van der Waals surface area contributed by atoms with Gasteiger partial charge in [0.05, 0.1) is 11.4 Å². The van der Waals surface area contributed by atoms with Crippen molar-refractivity contribution in [2.75, 3.05) is 4.72 Å². The lowest BCUT2D eigenvalue weighted by Gasteiger charge is -2.08. The van der Waals surface area contributed by atoms with Crippen molar-refractivity contribution in [3.63, 3.8) is 0 Å². The molecular weight excluding hydrogens is 295 g/mol. The highest BCUT2D eigenvalue weighted by molar-refractivity contribution is 7.91. The Balaban J connectivity index is 1.80. The Labute approximate surface area is 120 Å². The number of nitrogens with one attached hydrogen (secondary N) is 1. The minimum Gasteiger partial charge on any atom is -0.443 e. The summed E-state index contributed by atoms with van der Waals surface area (Å²) in [6.07, 6.45) is 1.29. The van der Waals surface area contributed by atoms with Crippen LogP contribution in [0.1, 0.15) is 5.56 Å². The molecule has 0 aliphatic heterocycles. The minimum atomic E-state index is -3.58. The van der Waals surface area contributed by atoms with Gasteiger partial charge in [0.2, 0.25) is 10.0 Å². The first-order valence-electron chi connectivity index (χ1n) is 6.10. The van der Waals surface area contributed by atoms with Gasteiger partial charge >= 0.3 is 0 Å². The number of nitrogens with zero attached hydrogens (tertiary/aromatic N) is 1. The normalized spacial score (nSPS) is 11.7. The topological polar surface area (TPSA) is 72.2 Å². The summed E-state index contributed by atoms with van der Waals surface area (Å²) in [5.41, 5.74) is 2.05. The average molecular weight is 306 g/mol. The monoisotopic (exact) mass is 306 g/mol. The van der Waals surface area contributed by atoms with Crippen molar-refractivity contribution in [2.45, 2.75) is 5.75 Å². The van der Waals surface area contributed by atoms with Crippen molar-refractivity contribution < 1.29 is 17.2 Å². The van der Waals surface area contributed by atoms with Crippen molar-refractivity contribution in [1.82, 2.24) is 4.98 Å². The number of benzene rings is 2. The van der Waals surface area contributed by atoms with E-state index >= 15 is 0 Å². The summed E-state index contributed by atoms with van der Waals surface area (Å²) in [5, 5.41) is 0. The number of halogens is 1. The third-order valence-corrected chi connectivity index (χ3v) is 4.13. The van der Waals surface area contributed by atoms with Crippen molar-refractivity contribution in [1.29, 1.82) is 0 Å². The quantitative estimate of drug-likeness (QED) is 0.804. The van der Waals surface area contributed by atoms with Crippen LogP contribution < -0.4 is 4.72 Å². The molecule has 0 fully saturated rings. The number of fused-ring (bicyclic) bond motifs is 1. The van der Waals surface area contributed by atoms with Crippen LogP contribution in [-0.2, 0) is 15.8 Å². The van der Waals surface area contributed by atoms with Gasteiger partial charge in [-0.1, -0.05) is 12.1 Å². The van der Waals surface area contributed by atoms with Crippen molar-refractivity contribution in [2.24, 2.45) is 0 Å². The second-order valence-corrected chi connectivity index (χ2v) is 6.24. The lowest BCUT2D eigenvalue weighted by molar-refractivity contribution is 0.599. The fraction of sp³-hybridized carbons (Fsp3) is 0.0714. The van der Waals surface area contributed by atoms with E-state index in [-0.39, 0.29) is 5.75 Å². The van der Waals surface area contributed by atoms with Gasteiger partial charge in [-0.15, -0.1) is 0 Å². The number of oxazole rings is 1. The molecule has 1 N–H and O–H groups in total. The zero-order valence-electron chi connectivity index (χ0n) is 10.8. The van der Waals surface area contributed by atoms with Crippen LogP contribution in [0.2, 0.25) is 0 Å². The summed E-state index contributed by atoms with van der Waals surface area (Å²) in [6, 6.07) is 10.2. The van der Waals surface area contributed by atoms with E-state index < -0.39 is 15.8 Å². The highest BCUT2D eigenvalue weighted by Crippen LogP contribution is 2.19. The molecule has 0 atom stereocenters. The van der Waals surface area contributed by atoms with E-state index in [4.69, 9.17) is 4.42 Å². The van der Waals surface area contributed by atoms with E-state index in [9.17, 15) is 12.8 Å². The van der Waals surface area contributed by atoms with Crippen LogP contribution >= 0.6 is 0 Å². The lowest BCUT2D eigenvalue weighted by Crippen LogP contribution is -2.15. The molecule has 3 aromatic rings. The first-order valence-corrected chi connectivity index (χ1v) is 7.75. The van der Waals surface area contributed by atoms with E-state index in [0.29, 0.717) is 22.4 Å². The molecule has 0 aliphatic carbocycles. The summed E-state index contributed by atoms with van der Waals surface area (Å²) < 4.78 is 44.5. The first kappa shape index (κ1) is 13.6. The van der Waals surface area contributed by atoms with Crippen LogP contribution in [0.25, 0.3) is 11.1 Å². The molecule has 3 rings (SSSR count). The largest absolute Gasteiger partial charge is 0.443 e. The number of anilines is 1. The van der Waals surface area contributed by atoms with Crippen LogP contribution in [0.5, 0.6) is 0 Å². The van der Waals surface area contributed by atoms with Crippen molar-refractivity contribution in [3.05, 3.63) is 60.2 Å². The first-order chi connectivity index (χ1) is 10.0. The number of rotatable bonds is 4. The van der Waals surface area contributed by atoms with Gasteiger partial charge in [0.15, 0.2) is 12.0 Å². The molecule has 0 radical (unpaired) electrons. The Morgan fingerprint density at radius 1 is 1.14 bits per heavy atom. The van der Waals surface area contributed by atoms with Crippen LogP contribution in [0.3, 0.4) is 0 Å². The number of hydrogen-bond donors (Lipinski definition) is 1. The minimum absolute atomic E-state index is 0.232. The van der Waals surface area contributed by atoms with E-state index in [1.54, 1.807) is 18.2 Å². The summed E-state index contributed by atoms with van der Waals surface area (Å²) >= 11 is 0. The second kappa shape index (κ2) is 5.17. The molecule has 21 heavy (non-hydrogen) atoms. The predicted octanol–water partition coefficient (Wildman–Crippen LogP) is 2.91. The molecule has 7 heteroatoms. The van der Waals surface area contributed by atoms with Gasteiger partial charge in [0, 0.05) is 0 Å². The summed E-state index contributed by atoms with van der Waals surface area (Å²) in [7, 11) is -3.58. The van der Waals surface area contributed by atoms with Gasteiger partial charge in [-0.2, -0.15) is 0 Å². The summed E-state index contributed by atoms with van der Waals surface area (Å²) in [6.45, 7) is 0. The van der Waals surface area contributed by atoms with E-state index in [1.807, 2.05) is 0 Å². The van der Waals surface area contributed by atoms with E-state index in [2.05, 4.69) is 9.71 Å². The van der Waals surface area contributed by atoms with Gasteiger partial charge in [-0.05, 0) is 35.9 Å². The Bertz CT molecular complexity index is 873. The molecule has 5 nitrogen and oxygen atoms in total. The zero-order chi connectivity index (χ0) is 14.9. The number of aromatic nitrogens is 1. The molecular formula is C14H11FN2O3S. The molecule has 0 spiro atoms. The molecule has 0 saturated carbocycles. The molecule has 0 saturated heterocycles. The smallest absolute Gasteiger partial charge is 0.236 e. The van der Waals surface area contributed by atoms with Gasteiger partial charge in [-0.25, -0.2) is 17.8 Å². The van der Waals surface area contributed by atoms with Gasteiger partial charge in [0.1, 0.15) is 11.3 Å². The Morgan fingerprint density at radius 2 is 1.90 bits per heavy atom. The van der Waals surface area contributed by atoms with Gasteiger partial charge in [-0.3, -0.25) is 4.72 Å². The molecule has 108 valence electrons. The van der Waals surface area contributed by atoms with Gasteiger partial charge < -0.3 is 4.42 Å². The third-order valence-electron chi connectivity index (χ3n) is 2.87. The summed E-state index contributed by atoms with van der Waals surface area (Å²) in [5.74, 6) is -0.634. The standard InChI is InChI=1S/C14H11FN2O3S/c15-11-3-1-10(2-4-11)8-21(18,19)17-12-5-6-14-13(7-12)16-9-20-14/h1-7,9,17H,8H2. The van der Waals surface area contributed by atoms with E-state index in [0.717, 1.165) is 0 Å². The lowest BCUT2D eigenvalue weighted by atomic mass is 10.2. The maximum absolute atomic E-state index is 12.8. The number of hydrogen-bond acceptors (Lipinski definition) is 4. The Kier molecular flexibility index (Phi) is 3.34. The maximum atomic E-state index is 12.8.